The number of amides is 2. The third-order valence-electron chi connectivity index (χ3n) is 5.64. The van der Waals surface area contributed by atoms with Crippen LogP contribution in [0.2, 0.25) is 10.0 Å². The van der Waals surface area contributed by atoms with Gasteiger partial charge in [0.25, 0.3) is 0 Å². The summed E-state index contributed by atoms with van der Waals surface area (Å²) in [5.74, 6) is -0.264. The Bertz CT molecular complexity index is 1050. The van der Waals surface area contributed by atoms with Gasteiger partial charge in [0.15, 0.2) is 0 Å². The third kappa shape index (κ3) is 7.89. The minimum absolute atomic E-state index is 0.121. The van der Waals surface area contributed by atoms with E-state index in [9.17, 15) is 9.59 Å². The first kappa shape index (κ1) is 25.8. The maximum Gasteiger partial charge on any atom is 0.243 e. The van der Waals surface area contributed by atoms with Crippen molar-refractivity contribution in [3.05, 3.63) is 106 Å². The molecule has 0 heterocycles. The van der Waals surface area contributed by atoms with Crippen molar-refractivity contribution in [1.82, 2.24) is 10.2 Å². The highest BCUT2D eigenvalue weighted by atomic mass is 35.5. The summed E-state index contributed by atoms with van der Waals surface area (Å²) in [4.78, 5) is 28.7. The molecule has 34 heavy (non-hydrogen) atoms. The molecule has 0 aliphatic carbocycles. The molecule has 2 amide bonds. The summed E-state index contributed by atoms with van der Waals surface area (Å²) in [6.07, 6.45) is 2.48. The molecule has 178 valence electrons. The Labute approximate surface area is 211 Å². The molecule has 0 unspecified atom stereocenters. The predicted octanol–water partition coefficient (Wildman–Crippen LogP) is 6.09. The summed E-state index contributed by atoms with van der Waals surface area (Å²) in [5, 5.41) is 4.28. The zero-order chi connectivity index (χ0) is 24.3. The fourth-order valence-corrected chi connectivity index (χ4v) is 3.98. The van der Waals surface area contributed by atoms with Gasteiger partial charge in [0.1, 0.15) is 6.04 Å². The molecular weight excluding hydrogens is 467 g/mol. The van der Waals surface area contributed by atoms with Gasteiger partial charge in [0, 0.05) is 29.6 Å². The first-order valence-corrected chi connectivity index (χ1v) is 12.3. The van der Waals surface area contributed by atoms with E-state index in [4.69, 9.17) is 23.2 Å². The van der Waals surface area contributed by atoms with Crippen LogP contribution in [-0.2, 0) is 29.0 Å². The molecule has 3 rings (SSSR count). The van der Waals surface area contributed by atoms with E-state index in [1.54, 1.807) is 29.2 Å². The molecular formula is C28H30Cl2N2O2. The number of carbonyl (C=O) groups is 2. The quantitative estimate of drug-likeness (QED) is 0.326. The van der Waals surface area contributed by atoms with Crippen LogP contribution in [0.5, 0.6) is 0 Å². The lowest BCUT2D eigenvalue weighted by molar-refractivity contribution is -0.140. The molecule has 0 fully saturated rings. The smallest absolute Gasteiger partial charge is 0.243 e. The maximum atomic E-state index is 13.6. The van der Waals surface area contributed by atoms with E-state index in [1.165, 1.54) is 0 Å². The summed E-state index contributed by atoms with van der Waals surface area (Å²) >= 11 is 12.1. The highest BCUT2D eigenvalue weighted by Gasteiger charge is 2.30. The summed E-state index contributed by atoms with van der Waals surface area (Å²) in [7, 11) is 0. The normalized spacial score (nSPS) is 11.6. The fourth-order valence-electron chi connectivity index (χ4n) is 3.73. The van der Waals surface area contributed by atoms with Gasteiger partial charge in [-0.2, -0.15) is 0 Å². The zero-order valence-corrected chi connectivity index (χ0v) is 20.9. The average molecular weight is 497 g/mol. The Hall–Kier alpha value is -2.82. The van der Waals surface area contributed by atoms with Crippen LogP contribution in [0, 0.1) is 0 Å². The number of carbonyl (C=O) groups excluding carboxylic acids is 2. The Morgan fingerprint density at radius 1 is 0.824 bits per heavy atom. The zero-order valence-electron chi connectivity index (χ0n) is 19.3. The number of rotatable bonds is 11. The number of nitrogens with one attached hydrogen (secondary N) is 1. The van der Waals surface area contributed by atoms with Crippen molar-refractivity contribution in [3.8, 4) is 0 Å². The van der Waals surface area contributed by atoms with Gasteiger partial charge >= 0.3 is 0 Å². The second-order valence-corrected chi connectivity index (χ2v) is 9.17. The minimum atomic E-state index is -0.644. The molecule has 0 saturated heterocycles. The second kappa shape index (κ2) is 13.2. The Balaban J connectivity index is 1.92. The lowest BCUT2D eigenvalue weighted by Gasteiger charge is -2.31. The van der Waals surface area contributed by atoms with Crippen LogP contribution in [0.1, 0.15) is 36.5 Å². The van der Waals surface area contributed by atoms with Crippen LogP contribution in [0.15, 0.2) is 78.9 Å². The molecule has 6 heteroatoms. The van der Waals surface area contributed by atoms with Gasteiger partial charge in [-0.1, -0.05) is 91.1 Å². The van der Waals surface area contributed by atoms with Crippen molar-refractivity contribution in [2.75, 3.05) is 6.54 Å². The first-order valence-electron chi connectivity index (χ1n) is 11.6. The Kier molecular flexibility index (Phi) is 9.99. The minimum Gasteiger partial charge on any atom is -0.354 e. The van der Waals surface area contributed by atoms with Crippen LogP contribution in [0.25, 0.3) is 0 Å². The second-order valence-electron chi connectivity index (χ2n) is 8.30. The van der Waals surface area contributed by atoms with Gasteiger partial charge in [-0.15, -0.1) is 0 Å². The van der Waals surface area contributed by atoms with Gasteiger partial charge in [-0.3, -0.25) is 9.59 Å². The van der Waals surface area contributed by atoms with Crippen molar-refractivity contribution >= 4 is 35.0 Å². The highest BCUT2D eigenvalue weighted by Crippen LogP contribution is 2.19. The monoisotopic (exact) mass is 496 g/mol. The van der Waals surface area contributed by atoms with Crippen LogP contribution in [0.3, 0.4) is 0 Å². The Morgan fingerprint density at radius 2 is 1.41 bits per heavy atom. The molecule has 0 aliphatic heterocycles. The van der Waals surface area contributed by atoms with Crippen molar-refractivity contribution in [2.24, 2.45) is 0 Å². The van der Waals surface area contributed by atoms with E-state index in [-0.39, 0.29) is 18.2 Å². The summed E-state index contributed by atoms with van der Waals surface area (Å²) in [6, 6.07) is 23.7. The highest BCUT2D eigenvalue weighted by molar-refractivity contribution is 6.30. The molecule has 0 aliphatic rings. The van der Waals surface area contributed by atoms with E-state index >= 15 is 0 Å². The molecule has 0 aromatic heterocycles. The molecule has 0 radical (unpaired) electrons. The van der Waals surface area contributed by atoms with Crippen LogP contribution in [-0.4, -0.2) is 29.3 Å². The van der Waals surface area contributed by atoms with Gasteiger partial charge in [-0.05, 0) is 47.4 Å². The molecule has 1 atom stereocenters. The standard InChI is InChI=1S/C28H30Cl2N2O2/c1-2-3-17-31-28(34)26(18-21-7-5-4-6-8-21)32(20-23-11-15-25(30)16-12-23)27(33)19-22-9-13-24(29)14-10-22/h4-16,26H,2-3,17-20H2,1H3,(H,31,34)/t26-/m0/s1. The van der Waals surface area contributed by atoms with Gasteiger partial charge in [-0.25, -0.2) is 0 Å². The van der Waals surface area contributed by atoms with Crippen LogP contribution in [0.4, 0.5) is 0 Å². The van der Waals surface area contributed by atoms with Crippen molar-refractivity contribution in [3.63, 3.8) is 0 Å². The molecule has 4 nitrogen and oxygen atoms in total. The van der Waals surface area contributed by atoms with Crippen LogP contribution < -0.4 is 5.32 Å². The number of unbranched alkanes of at least 4 members (excludes halogenated alkanes) is 1. The number of hydrogen-bond donors (Lipinski definition) is 1. The Morgan fingerprint density at radius 3 is 2.00 bits per heavy atom. The van der Waals surface area contributed by atoms with Crippen molar-refractivity contribution < 1.29 is 9.59 Å². The summed E-state index contributed by atoms with van der Waals surface area (Å²) < 4.78 is 0. The largest absolute Gasteiger partial charge is 0.354 e. The molecule has 1 N–H and O–H groups in total. The van der Waals surface area contributed by atoms with E-state index in [2.05, 4.69) is 12.2 Å². The molecule has 0 bridgehead atoms. The summed E-state index contributed by atoms with van der Waals surface area (Å²) in [6.45, 7) is 2.97. The fraction of sp³-hybridized carbons (Fsp3) is 0.286. The number of halogens is 2. The van der Waals surface area contributed by atoms with Gasteiger partial charge < -0.3 is 10.2 Å². The van der Waals surface area contributed by atoms with E-state index < -0.39 is 6.04 Å². The number of benzene rings is 3. The molecule has 3 aromatic rings. The molecule has 0 spiro atoms. The van der Waals surface area contributed by atoms with Gasteiger partial charge in [0.2, 0.25) is 11.8 Å². The first-order chi connectivity index (χ1) is 16.5. The molecule has 3 aromatic carbocycles. The SMILES string of the molecule is CCCCNC(=O)[C@H](Cc1ccccc1)N(Cc1ccc(Cl)cc1)C(=O)Cc1ccc(Cl)cc1. The van der Waals surface area contributed by atoms with Crippen molar-refractivity contribution in [2.45, 2.75) is 45.2 Å². The van der Waals surface area contributed by atoms with E-state index in [0.717, 1.165) is 29.5 Å². The van der Waals surface area contributed by atoms with Gasteiger partial charge in [0.05, 0.1) is 6.42 Å². The molecule has 0 saturated carbocycles. The van der Waals surface area contributed by atoms with Crippen LogP contribution >= 0.6 is 23.2 Å². The van der Waals surface area contributed by atoms with Crippen molar-refractivity contribution in [1.29, 1.82) is 0 Å². The topological polar surface area (TPSA) is 49.4 Å². The lowest BCUT2D eigenvalue weighted by atomic mass is 10.0. The maximum absolute atomic E-state index is 13.6. The average Bonchev–Trinajstić information content (AvgIpc) is 2.84. The number of hydrogen-bond acceptors (Lipinski definition) is 2. The predicted molar refractivity (Wildman–Crippen MR) is 139 cm³/mol. The van der Waals surface area contributed by atoms with E-state index in [1.807, 2.05) is 54.6 Å². The number of nitrogens with zero attached hydrogens (tertiary/aromatic N) is 1. The lowest BCUT2D eigenvalue weighted by Crippen LogP contribution is -2.51. The third-order valence-corrected chi connectivity index (χ3v) is 6.14. The summed E-state index contributed by atoms with van der Waals surface area (Å²) in [5.41, 5.74) is 2.76. The van der Waals surface area contributed by atoms with E-state index in [0.29, 0.717) is 29.6 Å².